The molecule has 2 N–H and O–H groups in total. The fourth-order valence-electron chi connectivity index (χ4n) is 3.06. The Bertz CT molecular complexity index is 1310. The zero-order valence-corrected chi connectivity index (χ0v) is 21.3. The second-order valence-electron chi connectivity index (χ2n) is 7.10. The number of benzene rings is 3. The molecule has 4 rings (SSSR count). The maximum Gasteiger partial charge on any atom is 0.257 e. The number of carbonyl (C=O) groups is 1. The number of nitrogens with zero attached hydrogens (tertiary/aromatic N) is 1. The van der Waals surface area contributed by atoms with Crippen molar-refractivity contribution in [3.05, 3.63) is 93.8 Å². The highest BCUT2D eigenvalue weighted by molar-refractivity contribution is 9.10. The van der Waals surface area contributed by atoms with E-state index >= 15 is 0 Å². The third-order valence-electron chi connectivity index (χ3n) is 4.74. The van der Waals surface area contributed by atoms with Gasteiger partial charge in [-0.05, 0) is 70.1 Å². The highest BCUT2D eigenvalue weighted by atomic mass is 79.9. The Morgan fingerprint density at radius 1 is 1.09 bits per heavy atom. The van der Waals surface area contributed by atoms with Crippen LogP contribution < -0.4 is 20.1 Å². The average Bonchev–Trinajstić information content (AvgIpc) is 3.31. The highest BCUT2D eigenvalue weighted by Crippen LogP contribution is 2.32. The van der Waals surface area contributed by atoms with E-state index in [2.05, 4.69) is 31.5 Å². The van der Waals surface area contributed by atoms with E-state index in [1.54, 1.807) is 25.3 Å². The van der Waals surface area contributed by atoms with Crippen LogP contribution in [0.1, 0.15) is 15.9 Å². The molecule has 1 amide bonds. The van der Waals surface area contributed by atoms with Crippen LogP contribution in [0.3, 0.4) is 0 Å². The number of aromatic nitrogens is 1. The first-order valence-corrected chi connectivity index (χ1v) is 12.3. The van der Waals surface area contributed by atoms with Gasteiger partial charge in [0.2, 0.25) is 0 Å². The Morgan fingerprint density at radius 3 is 2.68 bits per heavy atom. The number of hydrogen-bond donors (Lipinski definition) is 2. The molecule has 0 saturated carbocycles. The number of methoxy groups -OCH3 is 1. The predicted octanol–water partition coefficient (Wildman–Crippen LogP) is 6.29. The molecule has 0 bridgehead atoms. The van der Waals surface area contributed by atoms with Crippen LogP contribution in [0.25, 0.3) is 11.3 Å². The lowest BCUT2D eigenvalue weighted by Gasteiger charge is -2.10. The van der Waals surface area contributed by atoms with Crippen LogP contribution in [-0.2, 0) is 6.61 Å². The van der Waals surface area contributed by atoms with Crippen LogP contribution in [0.2, 0.25) is 0 Å². The fourth-order valence-corrected chi connectivity index (χ4v) is 4.58. The molecule has 0 fully saturated rings. The quantitative estimate of drug-likeness (QED) is 0.262. The number of halogens is 1. The van der Waals surface area contributed by atoms with Crippen molar-refractivity contribution in [1.29, 1.82) is 0 Å². The van der Waals surface area contributed by atoms with Gasteiger partial charge in [0, 0.05) is 16.5 Å². The van der Waals surface area contributed by atoms with Gasteiger partial charge in [0.1, 0.15) is 18.1 Å². The van der Waals surface area contributed by atoms with E-state index in [1.165, 1.54) is 11.3 Å². The molecule has 0 spiro atoms. The summed E-state index contributed by atoms with van der Waals surface area (Å²) in [7, 11) is 1.62. The second kappa shape index (κ2) is 11.2. The van der Waals surface area contributed by atoms with Gasteiger partial charge in [0.25, 0.3) is 5.91 Å². The topological polar surface area (TPSA) is 72.5 Å². The molecule has 1 heterocycles. The van der Waals surface area contributed by atoms with E-state index < -0.39 is 0 Å². The Balaban J connectivity index is 1.34. The molecule has 9 heteroatoms. The highest BCUT2D eigenvalue weighted by Gasteiger charge is 2.12. The van der Waals surface area contributed by atoms with E-state index in [1.807, 2.05) is 60.0 Å². The molecule has 0 unspecified atom stereocenters. The number of hydrogen-bond acceptors (Lipinski definition) is 6. The fraction of sp³-hybridized carbons (Fsp3) is 0.0800. The van der Waals surface area contributed by atoms with Crippen molar-refractivity contribution in [2.45, 2.75) is 6.61 Å². The molecule has 1 aromatic heterocycles. The number of rotatable bonds is 7. The van der Waals surface area contributed by atoms with Gasteiger partial charge in [-0.25, -0.2) is 4.98 Å². The first-order chi connectivity index (χ1) is 16.5. The largest absolute Gasteiger partial charge is 0.496 e. The Morgan fingerprint density at radius 2 is 1.91 bits per heavy atom. The predicted molar refractivity (Wildman–Crippen MR) is 143 cm³/mol. The molecular formula is C25H20BrN3O3S2. The Kier molecular flexibility index (Phi) is 7.89. The van der Waals surface area contributed by atoms with Gasteiger partial charge in [-0.1, -0.05) is 36.4 Å². The van der Waals surface area contributed by atoms with Gasteiger partial charge in [-0.2, -0.15) is 0 Å². The SMILES string of the molecule is COc1ccc(-c2csc(NC(=S)NC(=O)c3cccc(OCc4ccccc4)c3)n2)cc1Br. The van der Waals surface area contributed by atoms with E-state index in [-0.39, 0.29) is 11.0 Å². The molecule has 3 aromatic carbocycles. The van der Waals surface area contributed by atoms with Crippen molar-refractivity contribution >= 4 is 55.6 Å². The van der Waals surface area contributed by atoms with Crippen LogP contribution in [0.4, 0.5) is 5.13 Å². The molecule has 172 valence electrons. The third kappa shape index (κ3) is 6.19. The maximum atomic E-state index is 12.7. The summed E-state index contributed by atoms with van der Waals surface area (Å²) in [5.74, 6) is 1.01. The number of anilines is 1. The second-order valence-corrected chi connectivity index (χ2v) is 9.22. The summed E-state index contributed by atoms with van der Waals surface area (Å²) < 4.78 is 11.9. The molecule has 0 aliphatic heterocycles. The van der Waals surface area contributed by atoms with Crippen LogP contribution >= 0.6 is 39.5 Å². The van der Waals surface area contributed by atoms with Crippen LogP contribution in [0.5, 0.6) is 11.5 Å². The number of amides is 1. The first-order valence-electron chi connectivity index (χ1n) is 10.2. The minimum atomic E-state index is -0.335. The number of thiocarbonyl (C=S) groups is 1. The maximum absolute atomic E-state index is 12.7. The van der Waals surface area contributed by atoms with E-state index in [9.17, 15) is 4.79 Å². The van der Waals surface area contributed by atoms with Gasteiger partial charge in [-0.3, -0.25) is 10.1 Å². The molecule has 0 saturated heterocycles. The summed E-state index contributed by atoms with van der Waals surface area (Å²) in [6.45, 7) is 0.420. The average molecular weight is 554 g/mol. The third-order valence-corrected chi connectivity index (χ3v) is 6.33. The van der Waals surface area contributed by atoms with Crippen LogP contribution in [-0.4, -0.2) is 23.1 Å². The van der Waals surface area contributed by atoms with Crippen molar-refractivity contribution in [3.63, 3.8) is 0 Å². The van der Waals surface area contributed by atoms with Crippen molar-refractivity contribution in [3.8, 4) is 22.8 Å². The molecule has 0 aliphatic rings. The summed E-state index contributed by atoms with van der Waals surface area (Å²) in [4.78, 5) is 17.2. The monoisotopic (exact) mass is 553 g/mol. The Hall–Kier alpha value is -3.27. The van der Waals surface area contributed by atoms with E-state index in [0.29, 0.717) is 23.1 Å². The summed E-state index contributed by atoms with van der Waals surface area (Å²) >= 11 is 10.2. The minimum Gasteiger partial charge on any atom is -0.496 e. The molecule has 0 atom stereocenters. The molecule has 34 heavy (non-hydrogen) atoms. The van der Waals surface area contributed by atoms with Crippen LogP contribution in [0, 0.1) is 0 Å². The van der Waals surface area contributed by atoms with Crippen molar-refractivity contribution in [2.75, 3.05) is 12.4 Å². The minimum absolute atomic E-state index is 0.164. The lowest BCUT2D eigenvalue weighted by molar-refractivity contribution is 0.0977. The summed E-state index contributed by atoms with van der Waals surface area (Å²) in [6, 6.07) is 22.5. The van der Waals surface area contributed by atoms with Gasteiger partial charge >= 0.3 is 0 Å². The van der Waals surface area contributed by atoms with Gasteiger partial charge in [0.15, 0.2) is 10.2 Å². The smallest absolute Gasteiger partial charge is 0.257 e. The number of carbonyl (C=O) groups excluding carboxylic acids is 1. The summed E-state index contributed by atoms with van der Waals surface area (Å²) in [6.07, 6.45) is 0. The van der Waals surface area contributed by atoms with Crippen LogP contribution in [0.15, 0.2) is 82.6 Å². The lowest BCUT2D eigenvalue weighted by Crippen LogP contribution is -2.34. The normalized spacial score (nSPS) is 10.4. The zero-order valence-electron chi connectivity index (χ0n) is 18.1. The molecule has 4 aromatic rings. The molecule has 0 aliphatic carbocycles. The number of thiazole rings is 1. The standard InChI is InChI=1S/C25H20BrN3O3S2/c1-31-22-11-10-17(13-20(22)26)21-15-34-25(27-21)29-24(33)28-23(30)18-8-5-9-19(12-18)32-14-16-6-3-2-4-7-16/h2-13,15H,14H2,1H3,(H2,27,28,29,30,33). The van der Waals surface area contributed by atoms with E-state index in [4.69, 9.17) is 21.7 Å². The lowest BCUT2D eigenvalue weighted by atomic mass is 10.2. The summed E-state index contributed by atoms with van der Waals surface area (Å²) in [5, 5.41) is 8.31. The number of nitrogens with one attached hydrogen (secondary N) is 2. The molecular weight excluding hydrogens is 534 g/mol. The Labute approximate surface area is 215 Å². The number of ether oxygens (including phenoxy) is 2. The van der Waals surface area contributed by atoms with Gasteiger partial charge in [0.05, 0.1) is 17.3 Å². The van der Waals surface area contributed by atoms with Gasteiger partial charge < -0.3 is 14.8 Å². The first kappa shape index (κ1) is 23.9. The molecule has 6 nitrogen and oxygen atoms in total. The van der Waals surface area contributed by atoms with E-state index in [0.717, 1.165) is 27.0 Å². The van der Waals surface area contributed by atoms with Gasteiger partial charge in [-0.15, -0.1) is 11.3 Å². The van der Waals surface area contributed by atoms with Crippen molar-refractivity contribution in [1.82, 2.24) is 10.3 Å². The zero-order chi connectivity index (χ0) is 23.9. The van der Waals surface area contributed by atoms with Crippen molar-refractivity contribution < 1.29 is 14.3 Å². The van der Waals surface area contributed by atoms with Crippen molar-refractivity contribution in [2.24, 2.45) is 0 Å². The summed E-state index contributed by atoms with van der Waals surface area (Å²) in [5.41, 5.74) is 3.21. The molecule has 0 radical (unpaired) electrons.